The number of nitrogens with zero attached hydrogens (tertiary/aromatic N) is 12. The first-order valence-corrected chi connectivity index (χ1v) is 23.7. The third-order valence-electron chi connectivity index (χ3n) is 13.0. The molecule has 0 aliphatic carbocycles. The highest BCUT2D eigenvalue weighted by Gasteiger charge is 2.39. The molecule has 360 valence electrons. The molecule has 9 rings (SSSR count). The van der Waals surface area contributed by atoms with E-state index in [2.05, 4.69) is 44.5 Å². The van der Waals surface area contributed by atoms with Gasteiger partial charge in [-0.3, -0.25) is 14.4 Å². The molecule has 3 fully saturated rings. The number of fused-ring (bicyclic) bond motifs is 4. The molecule has 3 saturated heterocycles. The standard InChI is InChI=1S/C23H34N6O3.C18H26N6O.C6H12N2O/c1-7-15-12-24-29-19(15)25-18-9-11-27(22(31)32-23(2,3)4)10-8-17(18)20(29)28-13-16(14-28)21(30)26(5)6;1-4-12-9-20-24-16(12)21-15-6-8-19-7-5-14(15)17(24)23-10-13(11-23)18(25)22(2)3;1-8(2)6(9)5-3-7-4-5/h12,16H,7-11,13-14H2,1-6H3;9,13,19H,4-8,10-11H2,1-3H3;5,7H,3-4H2,1-2H3. The third kappa shape index (κ3) is 10.2. The van der Waals surface area contributed by atoms with Crippen molar-refractivity contribution in [2.45, 2.75) is 78.7 Å². The maximum absolute atomic E-state index is 12.7. The summed E-state index contributed by atoms with van der Waals surface area (Å²) in [6.07, 6.45) is 8.56. The molecule has 19 nitrogen and oxygen atoms in total. The van der Waals surface area contributed by atoms with E-state index < -0.39 is 5.60 Å². The lowest BCUT2D eigenvalue weighted by Crippen LogP contribution is -2.54. The number of carbonyl (C=O) groups is 4. The molecule has 4 amide bonds. The zero-order valence-electron chi connectivity index (χ0n) is 41.1. The van der Waals surface area contributed by atoms with Crippen LogP contribution in [0.2, 0.25) is 0 Å². The van der Waals surface area contributed by atoms with Crippen LogP contribution in [0.25, 0.3) is 11.3 Å². The molecule has 0 atom stereocenters. The third-order valence-corrected chi connectivity index (χ3v) is 13.0. The Balaban J connectivity index is 0.000000168. The number of carbonyl (C=O) groups excluding carboxylic acids is 4. The van der Waals surface area contributed by atoms with E-state index in [1.807, 2.05) is 56.3 Å². The van der Waals surface area contributed by atoms with Crippen LogP contribution in [0.3, 0.4) is 0 Å². The van der Waals surface area contributed by atoms with Crippen molar-refractivity contribution < 1.29 is 23.9 Å². The van der Waals surface area contributed by atoms with Crippen LogP contribution in [0.15, 0.2) is 12.4 Å². The van der Waals surface area contributed by atoms with Gasteiger partial charge in [-0.05, 0) is 53.0 Å². The van der Waals surface area contributed by atoms with E-state index in [0.717, 1.165) is 105 Å². The van der Waals surface area contributed by atoms with Crippen molar-refractivity contribution in [3.8, 4) is 0 Å². The monoisotopic (exact) mass is 913 g/mol. The van der Waals surface area contributed by atoms with Gasteiger partial charge in [0.2, 0.25) is 17.7 Å². The van der Waals surface area contributed by atoms with Crippen LogP contribution >= 0.6 is 0 Å². The maximum atomic E-state index is 12.7. The minimum atomic E-state index is -0.526. The predicted octanol–water partition coefficient (Wildman–Crippen LogP) is 1.95. The first kappa shape index (κ1) is 48.4. The van der Waals surface area contributed by atoms with Crippen LogP contribution in [0, 0.1) is 17.8 Å². The lowest BCUT2D eigenvalue weighted by atomic mass is 9.97. The highest BCUT2D eigenvalue weighted by molar-refractivity contribution is 5.83. The highest BCUT2D eigenvalue weighted by atomic mass is 16.6. The van der Waals surface area contributed by atoms with E-state index in [1.54, 1.807) is 47.8 Å². The van der Waals surface area contributed by atoms with E-state index in [9.17, 15) is 19.2 Å². The molecule has 4 aromatic rings. The van der Waals surface area contributed by atoms with Gasteiger partial charge in [-0.1, -0.05) is 13.8 Å². The molecule has 9 heterocycles. The summed E-state index contributed by atoms with van der Waals surface area (Å²) in [5, 5.41) is 15.8. The van der Waals surface area contributed by atoms with E-state index in [-0.39, 0.29) is 41.6 Å². The largest absolute Gasteiger partial charge is 0.444 e. The Morgan fingerprint density at radius 2 is 1.08 bits per heavy atom. The van der Waals surface area contributed by atoms with Crippen LogP contribution in [0.1, 0.15) is 68.3 Å². The fourth-order valence-electron chi connectivity index (χ4n) is 9.11. The molecular weight excluding hydrogens is 841 g/mol. The molecular formula is C47H72N14O5. The number of aromatic nitrogens is 6. The Labute approximate surface area is 389 Å². The predicted molar refractivity (Wildman–Crippen MR) is 254 cm³/mol. The molecule has 4 aromatic heterocycles. The van der Waals surface area contributed by atoms with Gasteiger partial charge in [-0.25, -0.2) is 14.8 Å². The van der Waals surface area contributed by atoms with Crippen molar-refractivity contribution in [3.63, 3.8) is 0 Å². The summed E-state index contributed by atoms with van der Waals surface area (Å²) < 4.78 is 9.53. The van der Waals surface area contributed by atoms with Crippen LogP contribution in [0.4, 0.5) is 16.4 Å². The quantitative estimate of drug-likeness (QED) is 0.275. The Kier molecular flexibility index (Phi) is 14.7. The number of amides is 4. The second-order valence-corrected chi connectivity index (χ2v) is 19.7. The minimum absolute atomic E-state index is 0.00545. The van der Waals surface area contributed by atoms with Gasteiger partial charge in [0.15, 0.2) is 11.3 Å². The summed E-state index contributed by atoms with van der Waals surface area (Å²) in [7, 11) is 10.8. The molecule has 2 N–H and O–H groups in total. The number of hydrogen-bond donors (Lipinski definition) is 2. The van der Waals surface area contributed by atoms with Gasteiger partial charge in [0.05, 0.1) is 41.5 Å². The Morgan fingerprint density at radius 1 is 0.636 bits per heavy atom. The van der Waals surface area contributed by atoms with E-state index in [4.69, 9.17) is 14.7 Å². The number of ether oxygens (including phenoxy) is 1. The van der Waals surface area contributed by atoms with Crippen LogP contribution in [-0.4, -0.2) is 186 Å². The Bertz CT molecular complexity index is 2400. The smallest absolute Gasteiger partial charge is 0.410 e. The normalized spacial score (nSPS) is 17.7. The molecule has 0 aromatic carbocycles. The lowest BCUT2D eigenvalue weighted by molar-refractivity contribution is -0.134. The van der Waals surface area contributed by atoms with Gasteiger partial charge < -0.3 is 44.8 Å². The zero-order chi connectivity index (χ0) is 47.6. The lowest BCUT2D eigenvalue weighted by Gasteiger charge is -2.41. The highest BCUT2D eigenvalue weighted by Crippen LogP contribution is 2.35. The fraction of sp³-hybridized carbons (Fsp3) is 0.660. The van der Waals surface area contributed by atoms with Crippen molar-refractivity contribution in [1.29, 1.82) is 0 Å². The molecule has 5 aliphatic heterocycles. The van der Waals surface area contributed by atoms with Gasteiger partial charge in [0, 0.05) is 136 Å². The molecule has 0 bridgehead atoms. The summed E-state index contributed by atoms with van der Waals surface area (Å²) in [6, 6.07) is 0. The first-order valence-electron chi connectivity index (χ1n) is 23.7. The second kappa shape index (κ2) is 20.1. The molecule has 66 heavy (non-hydrogen) atoms. The Hall–Kier alpha value is -5.56. The Morgan fingerprint density at radius 3 is 1.50 bits per heavy atom. The molecule has 19 heteroatoms. The van der Waals surface area contributed by atoms with Crippen LogP contribution in [-0.2, 0) is 57.6 Å². The number of aryl methyl sites for hydroxylation is 2. The molecule has 0 spiro atoms. The van der Waals surface area contributed by atoms with E-state index in [0.29, 0.717) is 39.0 Å². The summed E-state index contributed by atoms with van der Waals surface area (Å²) in [6.45, 7) is 17.5. The number of nitrogens with one attached hydrogen (secondary N) is 2. The fourth-order valence-corrected chi connectivity index (χ4v) is 9.11. The van der Waals surface area contributed by atoms with Crippen molar-refractivity contribution in [1.82, 2.24) is 59.4 Å². The van der Waals surface area contributed by atoms with Crippen LogP contribution < -0.4 is 20.4 Å². The summed E-state index contributed by atoms with van der Waals surface area (Å²) >= 11 is 0. The van der Waals surface area contributed by atoms with Gasteiger partial charge in [-0.2, -0.15) is 19.2 Å². The maximum Gasteiger partial charge on any atom is 0.410 e. The van der Waals surface area contributed by atoms with Crippen molar-refractivity contribution in [3.05, 3.63) is 46.0 Å². The average Bonchev–Trinajstić information content (AvgIpc) is 3.64. The summed E-state index contributed by atoms with van der Waals surface area (Å²) in [5.41, 5.74) is 8.20. The topological polar surface area (TPSA) is 181 Å². The van der Waals surface area contributed by atoms with Gasteiger partial charge in [-0.15, -0.1) is 0 Å². The minimum Gasteiger partial charge on any atom is -0.444 e. The van der Waals surface area contributed by atoms with Gasteiger partial charge in [0.1, 0.15) is 17.2 Å². The average molecular weight is 913 g/mol. The van der Waals surface area contributed by atoms with Crippen molar-refractivity contribution in [2.75, 3.05) is 118 Å². The van der Waals surface area contributed by atoms with E-state index in [1.165, 1.54) is 16.8 Å². The number of rotatable bonds is 7. The number of hydrogen-bond acceptors (Lipinski definition) is 13. The van der Waals surface area contributed by atoms with Gasteiger partial charge >= 0.3 is 6.09 Å². The van der Waals surface area contributed by atoms with Crippen LogP contribution in [0.5, 0.6) is 0 Å². The van der Waals surface area contributed by atoms with Gasteiger partial charge in [0.25, 0.3) is 0 Å². The second-order valence-electron chi connectivity index (χ2n) is 19.7. The first-order chi connectivity index (χ1) is 31.4. The zero-order valence-corrected chi connectivity index (χ0v) is 41.1. The summed E-state index contributed by atoms with van der Waals surface area (Å²) in [4.78, 5) is 69.5. The van der Waals surface area contributed by atoms with Crippen molar-refractivity contribution in [2.24, 2.45) is 17.8 Å². The molecule has 5 aliphatic rings. The SMILES string of the molecule is CCc1cnn2c(N3CC(C(=O)N(C)C)C3)c3c(nc12)CCN(C(=O)OC(C)(C)C)CC3.CCc1cnn2c(N3CC(C(=O)N(C)C)C3)c3c(nc12)CCNCC3.CN(C)C(=O)C1CNC1. The van der Waals surface area contributed by atoms with E-state index >= 15 is 0 Å². The molecule has 0 saturated carbocycles. The molecule has 0 unspecified atom stereocenters. The molecule has 0 radical (unpaired) electrons. The number of anilines is 2. The van der Waals surface area contributed by atoms with Crippen molar-refractivity contribution >= 4 is 46.7 Å². The summed E-state index contributed by atoms with van der Waals surface area (Å²) in [5.74, 6) is 3.10.